The molecular formula is C19H18N2O2S2. The van der Waals surface area contributed by atoms with Crippen LogP contribution in [0.15, 0.2) is 58.6 Å². The van der Waals surface area contributed by atoms with Crippen molar-refractivity contribution < 1.29 is 8.37 Å². The first-order valence-corrected chi connectivity index (χ1v) is 9.38. The summed E-state index contributed by atoms with van der Waals surface area (Å²) in [5, 5.41) is 2.47. The largest absolute Gasteiger partial charge is 0.361 e. The van der Waals surface area contributed by atoms with Crippen LogP contribution in [0.4, 0.5) is 0 Å². The molecule has 0 radical (unpaired) electrons. The first kappa shape index (κ1) is 16.6. The SMILES string of the molecule is COSc1ccc2[nH]cc(Cc3c[nH]c4ccc(SOC)cc34)c2c1. The molecule has 6 heteroatoms. The summed E-state index contributed by atoms with van der Waals surface area (Å²) >= 11 is 2.77. The fourth-order valence-electron chi connectivity index (χ4n) is 3.11. The van der Waals surface area contributed by atoms with Crippen LogP contribution in [0.25, 0.3) is 21.8 Å². The van der Waals surface area contributed by atoms with Gasteiger partial charge in [0.2, 0.25) is 0 Å². The van der Waals surface area contributed by atoms with Gasteiger partial charge in [-0.2, -0.15) is 0 Å². The number of hydrogen-bond acceptors (Lipinski definition) is 4. The first-order chi connectivity index (χ1) is 12.3. The molecule has 2 aromatic carbocycles. The minimum Gasteiger partial charge on any atom is -0.361 e. The van der Waals surface area contributed by atoms with Crippen molar-refractivity contribution in [1.29, 1.82) is 0 Å². The van der Waals surface area contributed by atoms with Gasteiger partial charge < -0.3 is 18.3 Å². The zero-order valence-corrected chi connectivity index (χ0v) is 15.6. The maximum atomic E-state index is 5.18. The number of aromatic amines is 2. The van der Waals surface area contributed by atoms with E-state index >= 15 is 0 Å². The summed E-state index contributed by atoms with van der Waals surface area (Å²) in [5.41, 5.74) is 4.84. The summed E-state index contributed by atoms with van der Waals surface area (Å²) < 4.78 is 10.4. The zero-order chi connectivity index (χ0) is 17.2. The van der Waals surface area contributed by atoms with E-state index in [0.29, 0.717) is 0 Å². The number of fused-ring (bicyclic) bond motifs is 2. The summed E-state index contributed by atoms with van der Waals surface area (Å²) in [6.07, 6.45) is 5.05. The van der Waals surface area contributed by atoms with E-state index < -0.39 is 0 Å². The van der Waals surface area contributed by atoms with Crippen LogP contribution in [0.2, 0.25) is 0 Å². The molecule has 4 aromatic rings. The van der Waals surface area contributed by atoms with Crippen LogP contribution in [-0.4, -0.2) is 24.2 Å². The van der Waals surface area contributed by atoms with Gasteiger partial charge >= 0.3 is 0 Å². The third-order valence-electron chi connectivity index (χ3n) is 4.22. The van der Waals surface area contributed by atoms with Gasteiger partial charge in [-0.25, -0.2) is 0 Å². The van der Waals surface area contributed by atoms with Crippen LogP contribution in [0, 0.1) is 0 Å². The molecule has 128 valence electrons. The average Bonchev–Trinajstić information content (AvgIpc) is 3.20. The van der Waals surface area contributed by atoms with Crippen LogP contribution in [0.3, 0.4) is 0 Å². The molecule has 4 rings (SSSR count). The van der Waals surface area contributed by atoms with Gasteiger partial charge in [0.05, 0.1) is 14.2 Å². The van der Waals surface area contributed by atoms with Crippen LogP contribution in [-0.2, 0) is 14.8 Å². The molecule has 2 aromatic heterocycles. The van der Waals surface area contributed by atoms with E-state index in [2.05, 4.69) is 58.8 Å². The Morgan fingerprint density at radius 1 is 0.760 bits per heavy atom. The summed E-state index contributed by atoms with van der Waals surface area (Å²) in [7, 11) is 3.38. The fourth-order valence-corrected chi connectivity index (χ4v) is 4.07. The van der Waals surface area contributed by atoms with E-state index in [1.807, 2.05) is 0 Å². The van der Waals surface area contributed by atoms with Gasteiger partial charge in [0.15, 0.2) is 0 Å². The molecule has 0 spiro atoms. The molecule has 2 N–H and O–H groups in total. The molecule has 2 heterocycles. The lowest BCUT2D eigenvalue weighted by atomic mass is 10.0. The van der Waals surface area contributed by atoms with Gasteiger partial charge in [0.1, 0.15) is 0 Å². The van der Waals surface area contributed by atoms with E-state index in [1.54, 1.807) is 14.2 Å². The third kappa shape index (κ3) is 3.30. The van der Waals surface area contributed by atoms with Crippen molar-refractivity contribution in [2.45, 2.75) is 16.2 Å². The number of hydrogen-bond donors (Lipinski definition) is 2. The van der Waals surface area contributed by atoms with Crippen molar-refractivity contribution in [3.63, 3.8) is 0 Å². The lowest BCUT2D eigenvalue weighted by molar-refractivity contribution is 0.489. The number of H-pyrrole nitrogens is 2. The van der Waals surface area contributed by atoms with Crippen LogP contribution < -0.4 is 0 Å². The van der Waals surface area contributed by atoms with E-state index in [0.717, 1.165) is 27.2 Å². The van der Waals surface area contributed by atoms with Crippen molar-refractivity contribution in [2.75, 3.05) is 14.2 Å². The second kappa shape index (κ2) is 7.17. The third-order valence-corrected chi connectivity index (χ3v) is 5.44. The predicted molar refractivity (Wildman–Crippen MR) is 105 cm³/mol. The lowest BCUT2D eigenvalue weighted by Crippen LogP contribution is -1.86. The smallest absolute Gasteiger partial charge is 0.0508 e. The Labute approximate surface area is 154 Å². The molecule has 0 saturated heterocycles. The lowest BCUT2D eigenvalue weighted by Gasteiger charge is -2.03. The molecule has 25 heavy (non-hydrogen) atoms. The zero-order valence-electron chi connectivity index (χ0n) is 14.0. The van der Waals surface area contributed by atoms with Crippen LogP contribution in [0.1, 0.15) is 11.1 Å². The maximum absolute atomic E-state index is 5.18. The summed E-state index contributed by atoms with van der Waals surface area (Å²) in [6.45, 7) is 0. The Bertz CT molecular complexity index is 941. The van der Waals surface area contributed by atoms with Crippen molar-refractivity contribution in [1.82, 2.24) is 9.97 Å². The predicted octanol–water partition coefficient (Wildman–Crippen LogP) is 5.55. The van der Waals surface area contributed by atoms with Crippen LogP contribution in [0.5, 0.6) is 0 Å². The van der Waals surface area contributed by atoms with E-state index in [4.69, 9.17) is 8.37 Å². The number of benzene rings is 2. The number of rotatable bonds is 6. The molecule has 0 saturated carbocycles. The minimum absolute atomic E-state index is 0.863. The van der Waals surface area contributed by atoms with Crippen molar-refractivity contribution >= 4 is 45.9 Å². The molecule has 0 unspecified atom stereocenters. The Morgan fingerprint density at radius 2 is 1.24 bits per heavy atom. The van der Waals surface area contributed by atoms with Gasteiger partial charge in [0.25, 0.3) is 0 Å². The Hall–Kier alpha value is -1.86. The van der Waals surface area contributed by atoms with Gasteiger partial charge in [-0.1, -0.05) is 0 Å². The highest BCUT2D eigenvalue weighted by atomic mass is 32.2. The van der Waals surface area contributed by atoms with Gasteiger partial charge in [0, 0.05) is 74.5 Å². The highest BCUT2D eigenvalue weighted by Crippen LogP contribution is 2.30. The van der Waals surface area contributed by atoms with Crippen molar-refractivity contribution in [3.05, 3.63) is 59.9 Å². The number of aromatic nitrogens is 2. The topological polar surface area (TPSA) is 50.0 Å². The standard InChI is InChI=1S/C19H18N2O2S2/c1-22-24-14-3-5-18-16(8-14)12(10-20-18)7-13-11-21-19-6-4-15(25-23-2)9-17(13)19/h3-6,8-11,20-21H,7H2,1-2H3. The molecule has 4 nitrogen and oxygen atoms in total. The van der Waals surface area contributed by atoms with Gasteiger partial charge in [-0.15, -0.1) is 0 Å². The van der Waals surface area contributed by atoms with E-state index in [1.165, 1.54) is 46.0 Å². The molecule has 0 aliphatic heterocycles. The van der Waals surface area contributed by atoms with Crippen molar-refractivity contribution in [2.24, 2.45) is 0 Å². The van der Waals surface area contributed by atoms with Crippen molar-refractivity contribution in [3.8, 4) is 0 Å². The Balaban J connectivity index is 1.72. The molecule has 0 amide bonds. The molecule has 0 fully saturated rings. The monoisotopic (exact) mass is 370 g/mol. The van der Waals surface area contributed by atoms with E-state index in [-0.39, 0.29) is 0 Å². The second-order valence-corrected chi connectivity index (χ2v) is 7.66. The highest BCUT2D eigenvalue weighted by Gasteiger charge is 2.10. The second-order valence-electron chi connectivity index (χ2n) is 5.72. The molecule has 0 aliphatic rings. The highest BCUT2D eigenvalue weighted by molar-refractivity contribution is 7.94. The fraction of sp³-hybridized carbons (Fsp3) is 0.158. The summed E-state index contributed by atoms with van der Waals surface area (Å²) in [6, 6.07) is 12.7. The van der Waals surface area contributed by atoms with Gasteiger partial charge in [-0.05, 0) is 47.5 Å². The molecule has 0 atom stereocenters. The number of nitrogens with one attached hydrogen (secondary N) is 2. The van der Waals surface area contributed by atoms with E-state index in [9.17, 15) is 0 Å². The minimum atomic E-state index is 0.863. The summed E-state index contributed by atoms with van der Waals surface area (Å²) in [5.74, 6) is 0. The maximum Gasteiger partial charge on any atom is 0.0508 e. The average molecular weight is 370 g/mol. The Kier molecular flexibility index (Phi) is 4.76. The van der Waals surface area contributed by atoms with Crippen LogP contribution >= 0.6 is 24.1 Å². The summed E-state index contributed by atoms with van der Waals surface area (Å²) in [4.78, 5) is 8.94. The molecular weight excluding hydrogens is 352 g/mol. The Morgan fingerprint density at radius 3 is 1.68 bits per heavy atom. The van der Waals surface area contributed by atoms with Gasteiger partial charge in [-0.3, -0.25) is 0 Å². The first-order valence-electron chi connectivity index (χ1n) is 7.90. The molecule has 0 bridgehead atoms. The molecule has 0 aliphatic carbocycles. The quantitative estimate of drug-likeness (QED) is 0.437. The normalized spacial score (nSPS) is 11.6.